The van der Waals surface area contributed by atoms with Gasteiger partial charge in [-0.2, -0.15) is 0 Å². The maximum absolute atomic E-state index is 13.0. The number of hydrogen-bond donors (Lipinski definition) is 1. The van der Waals surface area contributed by atoms with Gasteiger partial charge in [0.15, 0.2) is 5.78 Å². The molecule has 24 heavy (non-hydrogen) atoms. The van der Waals surface area contributed by atoms with E-state index >= 15 is 0 Å². The highest BCUT2D eigenvalue weighted by atomic mass is 19.1. The van der Waals surface area contributed by atoms with Gasteiger partial charge in [0.2, 0.25) is 5.91 Å². The molecule has 4 nitrogen and oxygen atoms in total. The molecule has 2 fully saturated rings. The Balaban J connectivity index is 1.62. The van der Waals surface area contributed by atoms with Gasteiger partial charge in [0, 0.05) is 24.6 Å². The number of hydrogen-bond acceptors (Lipinski definition) is 3. The topological polar surface area (TPSA) is 57.6 Å². The average Bonchev–Trinajstić information content (AvgIpc) is 3.01. The minimum absolute atomic E-state index is 0.0351. The van der Waals surface area contributed by atoms with Crippen LogP contribution in [-0.2, 0) is 4.79 Å². The lowest BCUT2D eigenvalue weighted by Crippen LogP contribution is -2.45. The van der Waals surface area contributed by atoms with E-state index in [0.717, 1.165) is 25.7 Å². The van der Waals surface area contributed by atoms with Crippen molar-refractivity contribution in [2.75, 3.05) is 13.1 Å². The standard InChI is InChI=1S/C19H24FNO3/c20-16-7-5-14(6-8-16)18(23)15-4-3-11-21(13-15)17(22)12-19(24)9-1-2-10-19/h5-8,15,24H,1-4,9-13H2. The first kappa shape index (κ1) is 17.1. The Hall–Kier alpha value is -1.75. The number of nitrogens with zero attached hydrogens (tertiary/aromatic N) is 1. The molecule has 2 aliphatic rings. The zero-order chi connectivity index (χ0) is 17.2. The molecule has 1 amide bonds. The highest BCUT2D eigenvalue weighted by Crippen LogP contribution is 2.33. The van der Waals surface area contributed by atoms with Crippen molar-refractivity contribution in [3.05, 3.63) is 35.6 Å². The number of ketones is 1. The number of aliphatic hydroxyl groups is 1. The van der Waals surface area contributed by atoms with Gasteiger partial charge in [0.1, 0.15) is 5.82 Å². The quantitative estimate of drug-likeness (QED) is 0.862. The first-order valence-electron chi connectivity index (χ1n) is 8.77. The van der Waals surface area contributed by atoms with Gasteiger partial charge in [-0.1, -0.05) is 12.8 Å². The largest absolute Gasteiger partial charge is 0.389 e. The van der Waals surface area contributed by atoms with Gasteiger partial charge in [-0.25, -0.2) is 4.39 Å². The number of likely N-dealkylation sites (tertiary alicyclic amines) is 1. The van der Waals surface area contributed by atoms with Crippen molar-refractivity contribution in [2.45, 2.75) is 50.5 Å². The van der Waals surface area contributed by atoms with Crippen molar-refractivity contribution >= 4 is 11.7 Å². The lowest BCUT2D eigenvalue weighted by Gasteiger charge is -2.34. The van der Waals surface area contributed by atoms with Gasteiger partial charge in [-0.05, 0) is 49.9 Å². The third kappa shape index (κ3) is 3.83. The Morgan fingerprint density at radius 2 is 1.83 bits per heavy atom. The number of rotatable bonds is 4. The molecule has 1 aromatic carbocycles. The van der Waals surface area contributed by atoms with Gasteiger partial charge in [0.05, 0.1) is 12.0 Å². The van der Waals surface area contributed by atoms with E-state index in [1.54, 1.807) is 4.90 Å². The Kier molecular flexibility index (Phi) is 4.99. The molecule has 3 rings (SSSR count). The van der Waals surface area contributed by atoms with Crippen LogP contribution in [0.5, 0.6) is 0 Å². The maximum Gasteiger partial charge on any atom is 0.225 e. The van der Waals surface area contributed by atoms with Gasteiger partial charge in [-0.15, -0.1) is 0 Å². The van der Waals surface area contributed by atoms with Gasteiger partial charge in [-0.3, -0.25) is 9.59 Å². The van der Waals surface area contributed by atoms with Crippen molar-refractivity contribution in [1.82, 2.24) is 4.90 Å². The van der Waals surface area contributed by atoms with E-state index in [4.69, 9.17) is 0 Å². The zero-order valence-electron chi connectivity index (χ0n) is 13.8. The number of carbonyl (C=O) groups is 2. The number of halogens is 1. The molecule has 1 N–H and O–H groups in total. The van der Waals surface area contributed by atoms with E-state index in [-0.39, 0.29) is 29.8 Å². The summed E-state index contributed by atoms with van der Waals surface area (Å²) in [7, 11) is 0. The first-order chi connectivity index (χ1) is 11.5. The number of amides is 1. The molecule has 1 saturated heterocycles. The van der Waals surface area contributed by atoms with Crippen LogP contribution >= 0.6 is 0 Å². The Morgan fingerprint density at radius 1 is 1.17 bits per heavy atom. The second kappa shape index (κ2) is 7.01. The minimum Gasteiger partial charge on any atom is -0.389 e. The van der Waals surface area contributed by atoms with E-state index in [2.05, 4.69) is 0 Å². The van der Waals surface area contributed by atoms with Crippen LogP contribution in [0, 0.1) is 11.7 Å². The summed E-state index contributed by atoms with van der Waals surface area (Å²) in [5, 5.41) is 10.4. The molecule has 1 aliphatic heterocycles. The van der Waals surface area contributed by atoms with Crippen LogP contribution in [-0.4, -0.2) is 40.4 Å². The van der Waals surface area contributed by atoms with Gasteiger partial charge >= 0.3 is 0 Å². The van der Waals surface area contributed by atoms with Crippen molar-refractivity contribution < 1.29 is 19.1 Å². The molecule has 0 spiro atoms. The van der Waals surface area contributed by atoms with E-state index in [1.165, 1.54) is 24.3 Å². The third-order valence-electron chi connectivity index (χ3n) is 5.29. The smallest absolute Gasteiger partial charge is 0.225 e. The monoisotopic (exact) mass is 333 g/mol. The van der Waals surface area contributed by atoms with Crippen LogP contribution < -0.4 is 0 Å². The van der Waals surface area contributed by atoms with Crippen LogP contribution in [0.1, 0.15) is 55.3 Å². The van der Waals surface area contributed by atoms with Gasteiger partial charge in [0.25, 0.3) is 0 Å². The Bertz CT molecular complexity index is 608. The van der Waals surface area contributed by atoms with E-state index in [0.29, 0.717) is 31.5 Å². The second-order valence-electron chi connectivity index (χ2n) is 7.16. The van der Waals surface area contributed by atoms with E-state index in [9.17, 15) is 19.1 Å². The molecule has 1 aromatic rings. The summed E-state index contributed by atoms with van der Waals surface area (Å²) >= 11 is 0. The molecule has 1 saturated carbocycles. The molecule has 1 aliphatic carbocycles. The number of Topliss-reactive ketones (excluding diaryl/α,β-unsaturated/α-hetero) is 1. The lowest BCUT2D eigenvalue weighted by atomic mass is 9.89. The summed E-state index contributed by atoms with van der Waals surface area (Å²) in [6.07, 6.45) is 4.98. The minimum atomic E-state index is -0.856. The zero-order valence-corrected chi connectivity index (χ0v) is 13.8. The summed E-state index contributed by atoms with van der Waals surface area (Å²) in [5.41, 5.74) is -0.365. The van der Waals surface area contributed by atoms with E-state index < -0.39 is 5.60 Å². The summed E-state index contributed by atoms with van der Waals surface area (Å²) in [5.74, 6) is -0.703. The second-order valence-corrected chi connectivity index (χ2v) is 7.16. The summed E-state index contributed by atoms with van der Waals surface area (Å²) in [6, 6.07) is 5.57. The van der Waals surface area contributed by atoms with Crippen LogP contribution in [0.15, 0.2) is 24.3 Å². The van der Waals surface area contributed by atoms with Crippen molar-refractivity contribution in [2.24, 2.45) is 5.92 Å². The molecule has 5 heteroatoms. The fourth-order valence-electron chi connectivity index (χ4n) is 3.87. The lowest BCUT2D eigenvalue weighted by molar-refractivity contribution is -0.137. The molecule has 0 bridgehead atoms. The van der Waals surface area contributed by atoms with E-state index in [1.807, 2.05) is 0 Å². The Labute approximate surface area is 141 Å². The molecular formula is C19H24FNO3. The van der Waals surface area contributed by atoms with Crippen molar-refractivity contribution in [3.8, 4) is 0 Å². The van der Waals surface area contributed by atoms with Crippen LogP contribution in [0.25, 0.3) is 0 Å². The molecule has 130 valence electrons. The van der Waals surface area contributed by atoms with Crippen LogP contribution in [0.2, 0.25) is 0 Å². The predicted molar refractivity (Wildman–Crippen MR) is 88.1 cm³/mol. The summed E-state index contributed by atoms with van der Waals surface area (Å²) in [6.45, 7) is 1.03. The normalized spacial score (nSPS) is 23.2. The van der Waals surface area contributed by atoms with Crippen LogP contribution in [0.3, 0.4) is 0 Å². The number of benzene rings is 1. The molecule has 0 radical (unpaired) electrons. The van der Waals surface area contributed by atoms with Gasteiger partial charge < -0.3 is 10.0 Å². The SMILES string of the molecule is O=C(c1ccc(F)cc1)C1CCCN(C(=O)CC2(O)CCCC2)C1. The highest BCUT2D eigenvalue weighted by molar-refractivity contribution is 5.98. The first-order valence-corrected chi connectivity index (χ1v) is 8.77. The highest BCUT2D eigenvalue weighted by Gasteiger charge is 2.36. The molecule has 1 unspecified atom stereocenters. The summed E-state index contributed by atoms with van der Waals surface area (Å²) < 4.78 is 13.0. The van der Waals surface area contributed by atoms with Crippen molar-refractivity contribution in [1.29, 1.82) is 0 Å². The summed E-state index contributed by atoms with van der Waals surface area (Å²) in [4.78, 5) is 26.8. The maximum atomic E-state index is 13.0. The Morgan fingerprint density at radius 3 is 2.50 bits per heavy atom. The average molecular weight is 333 g/mol. The predicted octanol–water partition coefficient (Wildman–Crippen LogP) is 2.94. The molecular weight excluding hydrogens is 309 g/mol. The van der Waals surface area contributed by atoms with Crippen LogP contribution in [0.4, 0.5) is 4.39 Å². The number of piperidine rings is 1. The molecule has 0 aromatic heterocycles. The molecule has 1 atom stereocenters. The number of carbonyl (C=O) groups excluding carboxylic acids is 2. The molecule has 1 heterocycles. The fraction of sp³-hybridized carbons (Fsp3) is 0.579. The third-order valence-corrected chi connectivity index (χ3v) is 5.29. The fourth-order valence-corrected chi connectivity index (χ4v) is 3.87. The van der Waals surface area contributed by atoms with Crippen molar-refractivity contribution in [3.63, 3.8) is 0 Å².